The molecule has 0 unspecified atom stereocenters. The lowest BCUT2D eigenvalue weighted by Gasteiger charge is -2.45. The van der Waals surface area contributed by atoms with E-state index in [2.05, 4.69) is 89.4 Å². The number of rotatable bonds is 9. The van der Waals surface area contributed by atoms with Crippen molar-refractivity contribution in [1.29, 1.82) is 0 Å². The van der Waals surface area contributed by atoms with Crippen LogP contribution in [0.25, 0.3) is 0 Å². The Bertz CT molecular complexity index is 452. The van der Waals surface area contributed by atoms with Crippen molar-refractivity contribution in [3.8, 4) is 0 Å². The van der Waals surface area contributed by atoms with Crippen LogP contribution in [0.4, 0.5) is 0 Å². The van der Waals surface area contributed by atoms with Gasteiger partial charge in [-0.1, -0.05) is 71.1 Å². The molecule has 0 aromatic heterocycles. The summed E-state index contributed by atoms with van der Waals surface area (Å²) in [5, 5.41) is 0. The fourth-order valence-electron chi connectivity index (χ4n) is 4.43. The Hall–Kier alpha value is -0.860. The quantitative estimate of drug-likeness (QED) is 0.516. The van der Waals surface area contributed by atoms with E-state index >= 15 is 0 Å². The number of nitrogens with zero attached hydrogens (tertiary/aromatic N) is 2. The van der Waals surface area contributed by atoms with Gasteiger partial charge in [-0.2, -0.15) is 0 Å². The van der Waals surface area contributed by atoms with E-state index in [4.69, 9.17) is 0 Å². The fraction of sp³-hybridized carbons (Fsp3) is 0.739. The largest absolute Gasteiger partial charge is 0.308 e. The van der Waals surface area contributed by atoms with Gasteiger partial charge in [0.05, 0.1) is 0 Å². The van der Waals surface area contributed by atoms with Gasteiger partial charge in [-0.15, -0.1) is 0 Å². The molecular formula is C23H42N2. The molecule has 1 fully saturated rings. The summed E-state index contributed by atoms with van der Waals surface area (Å²) in [7, 11) is 4.26. The minimum atomic E-state index is 0.424. The molecule has 1 saturated carbocycles. The number of likely N-dealkylation sites (N-methyl/N-ethyl adjacent to an activating group) is 2. The lowest BCUT2D eigenvalue weighted by atomic mass is 9.60. The van der Waals surface area contributed by atoms with E-state index in [1.165, 1.54) is 24.8 Å². The third-order valence-electron chi connectivity index (χ3n) is 5.31. The van der Waals surface area contributed by atoms with E-state index in [0.717, 1.165) is 26.2 Å². The SMILES string of the molecule is C=C(/C=C\C=C/CN(CC)CCN(C)C)C1CC(C)(C)CC(C)(C)C1. The molecule has 144 valence electrons. The number of hydrogen-bond donors (Lipinski definition) is 0. The van der Waals surface area contributed by atoms with Crippen molar-refractivity contribution in [2.24, 2.45) is 16.7 Å². The topological polar surface area (TPSA) is 6.48 Å². The summed E-state index contributed by atoms with van der Waals surface area (Å²) in [5.41, 5.74) is 2.14. The predicted octanol–water partition coefficient (Wildman–Crippen LogP) is 5.39. The third kappa shape index (κ3) is 8.87. The number of allylic oxidation sites excluding steroid dienone is 4. The van der Waals surface area contributed by atoms with Crippen molar-refractivity contribution in [3.63, 3.8) is 0 Å². The molecule has 0 aromatic rings. The van der Waals surface area contributed by atoms with Crippen molar-refractivity contribution in [3.05, 3.63) is 36.5 Å². The Morgan fingerprint density at radius 2 is 1.64 bits per heavy atom. The number of hydrogen-bond acceptors (Lipinski definition) is 2. The van der Waals surface area contributed by atoms with Gasteiger partial charge in [0.1, 0.15) is 0 Å². The average molecular weight is 347 g/mol. The van der Waals surface area contributed by atoms with Crippen LogP contribution in [0.15, 0.2) is 36.5 Å². The summed E-state index contributed by atoms with van der Waals surface area (Å²) in [6.07, 6.45) is 12.7. The van der Waals surface area contributed by atoms with Crippen LogP contribution < -0.4 is 0 Å². The third-order valence-corrected chi connectivity index (χ3v) is 5.31. The van der Waals surface area contributed by atoms with Gasteiger partial charge in [0, 0.05) is 19.6 Å². The van der Waals surface area contributed by atoms with Crippen LogP contribution in [0.3, 0.4) is 0 Å². The zero-order valence-corrected chi connectivity index (χ0v) is 17.9. The molecule has 0 bridgehead atoms. The van der Waals surface area contributed by atoms with E-state index in [1.54, 1.807) is 0 Å². The molecule has 0 aliphatic heterocycles. The molecule has 1 aliphatic carbocycles. The molecule has 0 aromatic carbocycles. The maximum atomic E-state index is 4.37. The van der Waals surface area contributed by atoms with Crippen molar-refractivity contribution in [1.82, 2.24) is 9.80 Å². The average Bonchev–Trinajstić information content (AvgIpc) is 2.46. The van der Waals surface area contributed by atoms with E-state index in [-0.39, 0.29) is 0 Å². The van der Waals surface area contributed by atoms with Gasteiger partial charge in [0.15, 0.2) is 0 Å². The molecule has 0 radical (unpaired) electrons. The Balaban J connectivity index is 2.48. The second-order valence-electron chi connectivity index (χ2n) is 9.67. The molecular weight excluding hydrogens is 304 g/mol. The summed E-state index contributed by atoms with van der Waals surface area (Å²) < 4.78 is 0. The summed E-state index contributed by atoms with van der Waals surface area (Å²) in [5.74, 6) is 0.621. The van der Waals surface area contributed by atoms with Crippen molar-refractivity contribution >= 4 is 0 Å². The molecule has 25 heavy (non-hydrogen) atoms. The van der Waals surface area contributed by atoms with Crippen LogP contribution in [-0.4, -0.2) is 50.1 Å². The van der Waals surface area contributed by atoms with Gasteiger partial charge in [-0.3, -0.25) is 4.90 Å². The molecule has 2 heteroatoms. The van der Waals surface area contributed by atoms with E-state index in [1.807, 2.05) is 0 Å². The van der Waals surface area contributed by atoms with E-state index in [9.17, 15) is 0 Å². The molecule has 0 heterocycles. The second kappa shape index (κ2) is 9.73. The highest BCUT2D eigenvalue weighted by Crippen LogP contribution is 2.50. The van der Waals surface area contributed by atoms with Crippen LogP contribution in [0.2, 0.25) is 0 Å². The highest BCUT2D eigenvalue weighted by molar-refractivity contribution is 5.23. The lowest BCUT2D eigenvalue weighted by Crippen LogP contribution is -2.34. The smallest absolute Gasteiger partial charge is 0.0166 e. The first-order chi connectivity index (χ1) is 11.5. The van der Waals surface area contributed by atoms with Gasteiger partial charge < -0.3 is 4.90 Å². The van der Waals surface area contributed by atoms with Gasteiger partial charge in [-0.25, -0.2) is 0 Å². The van der Waals surface area contributed by atoms with Gasteiger partial charge in [-0.05, 0) is 56.7 Å². The van der Waals surface area contributed by atoms with Crippen molar-refractivity contribution < 1.29 is 0 Å². The Morgan fingerprint density at radius 1 is 1.04 bits per heavy atom. The highest BCUT2D eigenvalue weighted by atomic mass is 15.2. The second-order valence-corrected chi connectivity index (χ2v) is 9.67. The molecule has 0 N–H and O–H groups in total. The van der Waals surface area contributed by atoms with Crippen molar-refractivity contribution in [2.45, 2.75) is 53.9 Å². The first-order valence-corrected chi connectivity index (χ1v) is 9.94. The molecule has 0 amide bonds. The van der Waals surface area contributed by atoms with Crippen LogP contribution >= 0.6 is 0 Å². The molecule has 0 atom stereocenters. The zero-order chi connectivity index (χ0) is 19.1. The fourth-order valence-corrected chi connectivity index (χ4v) is 4.43. The van der Waals surface area contributed by atoms with Crippen LogP contribution in [0, 0.1) is 16.7 Å². The molecule has 0 spiro atoms. The molecule has 2 nitrogen and oxygen atoms in total. The zero-order valence-electron chi connectivity index (χ0n) is 17.9. The van der Waals surface area contributed by atoms with E-state index < -0.39 is 0 Å². The maximum absolute atomic E-state index is 4.37. The highest BCUT2D eigenvalue weighted by Gasteiger charge is 2.38. The Kier molecular flexibility index (Phi) is 8.63. The van der Waals surface area contributed by atoms with Gasteiger partial charge in [0.25, 0.3) is 0 Å². The molecule has 1 rings (SSSR count). The lowest BCUT2D eigenvalue weighted by molar-refractivity contribution is 0.0833. The van der Waals surface area contributed by atoms with Crippen LogP contribution in [0.1, 0.15) is 53.9 Å². The molecule has 1 aliphatic rings. The first kappa shape index (κ1) is 22.2. The van der Waals surface area contributed by atoms with Gasteiger partial charge in [0.2, 0.25) is 0 Å². The van der Waals surface area contributed by atoms with Crippen LogP contribution in [-0.2, 0) is 0 Å². The monoisotopic (exact) mass is 346 g/mol. The minimum absolute atomic E-state index is 0.424. The summed E-state index contributed by atoms with van der Waals surface area (Å²) in [6.45, 7) is 20.6. The standard InChI is InChI=1S/C23H42N2/c1-9-25(16-15-24(7)8)14-12-10-11-13-20(2)21-17-22(3,4)19-23(5,6)18-21/h10-13,21H,2,9,14-19H2,1,3-8H3/b12-10-,13-11-. The minimum Gasteiger partial charge on any atom is -0.308 e. The van der Waals surface area contributed by atoms with E-state index in [0.29, 0.717) is 16.7 Å². The Labute approximate surface area is 157 Å². The van der Waals surface area contributed by atoms with Gasteiger partial charge >= 0.3 is 0 Å². The predicted molar refractivity (Wildman–Crippen MR) is 113 cm³/mol. The first-order valence-electron chi connectivity index (χ1n) is 9.94. The summed E-state index contributed by atoms with van der Waals surface area (Å²) >= 11 is 0. The maximum Gasteiger partial charge on any atom is 0.0166 e. The normalized spacial score (nSPS) is 21.0. The summed E-state index contributed by atoms with van der Waals surface area (Å²) in [4.78, 5) is 4.70. The molecule has 0 saturated heterocycles. The van der Waals surface area contributed by atoms with Crippen LogP contribution in [0.5, 0.6) is 0 Å². The Morgan fingerprint density at radius 3 is 2.16 bits per heavy atom. The van der Waals surface area contributed by atoms with Crippen molar-refractivity contribution in [2.75, 3.05) is 40.3 Å². The summed E-state index contributed by atoms with van der Waals surface area (Å²) in [6, 6.07) is 0.